The van der Waals surface area contributed by atoms with Gasteiger partial charge in [-0.25, -0.2) is 0 Å². The standard InChI is InChI=1S/C17H15N3O4/c1-10-4-6-15(11(2)8-10)19-17(21)14(12(3)18-19)9-13-5-7-16(24-13)20(22)23/h4-9H,1-3H3/b14-9+. The fourth-order valence-electron chi connectivity index (χ4n) is 2.55. The van der Waals surface area contributed by atoms with Gasteiger partial charge in [-0.3, -0.25) is 14.9 Å². The first-order chi connectivity index (χ1) is 11.4. The quantitative estimate of drug-likeness (QED) is 0.490. The molecule has 2 aromatic rings. The fraction of sp³-hybridized carbons (Fsp3) is 0.176. The van der Waals surface area contributed by atoms with E-state index in [2.05, 4.69) is 5.10 Å². The van der Waals surface area contributed by atoms with Gasteiger partial charge in [0.2, 0.25) is 0 Å². The Hall–Kier alpha value is -3.22. The van der Waals surface area contributed by atoms with Gasteiger partial charge in [0.05, 0.1) is 23.0 Å². The lowest BCUT2D eigenvalue weighted by atomic mass is 10.1. The summed E-state index contributed by atoms with van der Waals surface area (Å²) in [6.45, 7) is 5.61. The lowest BCUT2D eigenvalue weighted by Gasteiger charge is -2.14. The van der Waals surface area contributed by atoms with E-state index < -0.39 is 4.92 Å². The molecule has 7 nitrogen and oxygen atoms in total. The molecule has 0 spiro atoms. The molecule has 7 heteroatoms. The molecule has 0 aliphatic carbocycles. The van der Waals surface area contributed by atoms with E-state index in [1.165, 1.54) is 23.2 Å². The summed E-state index contributed by atoms with van der Waals surface area (Å²) in [4.78, 5) is 22.7. The zero-order valence-electron chi connectivity index (χ0n) is 13.4. The van der Waals surface area contributed by atoms with Gasteiger partial charge in [-0.05, 0) is 44.5 Å². The molecule has 2 heterocycles. The van der Waals surface area contributed by atoms with Crippen LogP contribution in [0.4, 0.5) is 11.6 Å². The number of hydrazone groups is 1. The van der Waals surface area contributed by atoms with Crippen LogP contribution in [0.3, 0.4) is 0 Å². The summed E-state index contributed by atoms with van der Waals surface area (Å²) in [6.07, 6.45) is 1.47. The molecule has 24 heavy (non-hydrogen) atoms. The number of furan rings is 1. The van der Waals surface area contributed by atoms with Gasteiger partial charge in [0.15, 0.2) is 0 Å². The highest BCUT2D eigenvalue weighted by atomic mass is 16.6. The number of amides is 1. The molecule has 0 bridgehead atoms. The number of hydrogen-bond acceptors (Lipinski definition) is 5. The molecular weight excluding hydrogens is 310 g/mol. The van der Waals surface area contributed by atoms with Crippen LogP contribution in [0, 0.1) is 24.0 Å². The highest BCUT2D eigenvalue weighted by Gasteiger charge is 2.30. The Bertz CT molecular complexity index is 908. The van der Waals surface area contributed by atoms with Gasteiger partial charge in [0.1, 0.15) is 10.7 Å². The Balaban J connectivity index is 1.95. The van der Waals surface area contributed by atoms with E-state index in [4.69, 9.17) is 4.42 Å². The lowest BCUT2D eigenvalue weighted by molar-refractivity contribution is -0.402. The molecule has 0 atom stereocenters. The van der Waals surface area contributed by atoms with E-state index in [9.17, 15) is 14.9 Å². The Morgan fingerprint density at radius 2 is 1.96 bits per heavy atom. The van der Waals surface area contributed by atoms with Crippen LogP contribution in [-0.4, -0.2) is 16.5 Å². The molecule has 1 aliphatic heterocycles. The summed E-state index contributed by atoms with van der Waals surface area (Å²) < 4.78 is 5.08. The first kappa shape index (κ1) is 15.7. The maximum absolute atomic E-state index is 12.7. The minimum atomic E-state index is -0.624. The van der Waals surface area contributed by atoms with E-state index in [1.807, 2.05) is 32.0 Å². The molecule has 3 rings (SSSR count). The molecule has 0 unspecified atom stereocenters. The van der Waals surface area contributed by atoms with Crippen molar-refractivity contribution in [2.75, 3.05) is 5.01 Å². The van der Waals surface area contributed by atoms with Crippen LogP contribution in [0.15, 0.2) is 45.4 Å². The maximum Gasteiger partial charge on any atom is 0.433 e. The molecule has 0 fully saturated rings. The van der Waals surface area contributed by atoms with Gasteiger partial charge in [-0.2, -0.15) is 10.1 Å². The molecule has 1 aromatic heterocycles. The van der Waals surface area contributed by atoms with Gasteiger partial charge in [0.25, 0.3) is 5.91 Å². The van der Waals surface area contributed by atoms with Crippen molar-refractivity contribution in [1.82, 2.24) is 0 Å². The normalized spacial score (nSPS) is 16.0. The summed E-state index contributed by atoms with van der Waals surface area (Å²) in [6, 6.07) is 8.44. The minimum absolute atomic E-state index is 0.238. The predicted octanol–water partition coefficient (Wildman–Crippen LogP) is 3.61. The van der Waals surface area contributed by atoms with Gasteiger partial charge >= 0.3 is 5.88 Å². The lowest BCUT2D eigenvalue weighted by Crippen LogP contribution is -2.22. The smallest absolute Gasteiger partial charge is 0.401 e. The van der Waals surface area contributed by atoms with Crippen LogP contribution < -0.4 is 5.01 Å². The number of nitrogens with zero attached hydrogens (tertiary/aromatic N) is 3. The fourth-order valence-corrected chi connectivity index (χ4v) is 2.55. The molecule has 1 aliphatic rings. The van der Waals surface area contributed by atoms with Gasteiger partial charge in [0, 0.05) is 0 Å². The van der Waals surface area contributed by atoms with Crippen LogP contribution in [0.5, 0.6) is 0 Å². The van der Waals surface area contributed by atoms with Crippen LogP contribution in [0.25, 0.3) is 6.08 Å². The van der Waals surface area contributed by atoms with Crippen molar-refractivity contribution >= 4 is 29.3 Å². The molecule has 0 radical (unpaired) electrons. The number of carbonyl (C=O) groups is 1. The second-order valence-corrected chi connectivity index (χ2v) is 5.58. The van der Waals surface area contributed by atoms with Crippen molar-refractivity contribution in [2.24, 2.45) is 5.10 Å². The first-order valence-electron chi connectivity index (χ1n) is 7.30. The average Bonchev–Trinajstić information content (AvgIpc) is 3.08. The molecule has 122 valence electrons. The summed E-state index contributed by atoms with van der Waals surface area (Å²) in [5.74, 6) is -0.422. The number of benzene rings is 1. The average molecular weight is 325 g/mol. The Kier molecular flexibility index (Phi) is 3.76. The van der Waals surface area contributed by atoms with Crippen LogP contribution in [0.1, 0.15) is 23.8 Å². The predicted molar refractivity (Wildman–Crippen MR) is 89.9 cm³/mol. The van der Waals surface area contributed by atoms with Gasteiger partial charge < -0.3 is 4.42 Å². The number of anilines is 1. The van der Waals surface area contributed by atoms with E-state index in [-0.39, 0.29) is 17.6 Å². The van der Waals surface area contributed by atoms with Crippen molar-refractivity contribution in [3.63, 3.8) is 0 Å². The first-order valence-corrected chi connectivity index (χ1v) is 7.30. The monoisotopic (exact) mass is 325 g/mol. The van der Waals surface area contributed by atoms with E-state index in [0.717, 1.165) is 11.1 Å². The molecule has 0 saturated heterocycles. The van der Waals surface area contributed by atoms with Crippen LogP contribution >= 0.6 is 0 Å². The third-order valence-corrected chi connectivity index (χ3v) is 3.72. The Morgan fingerprint density at radius 1 is 1.21 bits per heavy atom. The van der Waals surface area contributed by atoms with Crippen molar-refractivity contribution in [3.8, 4) is 0 Å². The number of hydrogen-bond donors (Lipinski definition) is 0. The molecule has 0 saturated carbocycles. The van der Waals surface area contributed by atoms with E-state index >= 15 is 0 Å². The van der Waals surface area contributed by atoms with Crippen molar-refractivity contribution in [2.45, 2.75) is 20.8 Å². The third kappa shape index (κ3) is 2.71. The Morgan fingerprint density at radius 3 is 2.58 bits per heavy atom. The maximum atomic E-state index is 12.7. The van der Waals surface area contributed by atoms with E-state index in [0.29, 0.717) is 17.0 Å². The molecule has 0 N–H and O–H groups in total. The summed E-state index contributed by atoms with van der Waals surface area (Å²) >= 11 is 0. The molecule has 1 aromatic carbocycles. The topological polar surface area (TPSA) is 89.0 Å². The van der Waals surface area contributed by atoms with Crippen molar-refractivity contribution in [1.29, 1.82) is 0 Å². The summed E-state index contributed by atoms with van der Waals surface area (Å²) in [7, 11) is 0. The van der Waals surface area contributed by atoms with Crippen molar-refractivity contribution in [3.05, 3.63) is 62.9 Å². The van der Waals surface area contributed by atoms with Crippen molar-refractivity contribution < 1.29 is 14.1 Å². The highest BCUT2D eigenvalue weighted by Crippen LogP contribution is 2.29. The number of nitro groups is 1. The largest absolute Gasteiger partial charge is 0.433 e. The number of rotatable bonds is 3. The molecule has 1 amide bonds. The van der Waals surface area contributed by atoms with Crippen LogP contribution in [0.2, 0.25) is 0 Å². The zero-order chi connectivity index (χ0) is 17.4. The summed E-state index contributed by atoms with van der Waals surface area (Å²) in [5.41, 5.74) is 3.62. The number of carbonyl (C=O) groups excluding carboxylic acids is 1. The second-order valence-electron chi connectivity index (χ2n) is 5.58. The zero-order valence-corrected chi connectivity index (χ0v) is 13.4. The highest BCUT2D eigenvalue weighted by molar-refractivity contribution is 6.32. The third-order valence-electron chi connectivity index (χ3n) is 3.72. The second kappa shape index (κ2) is 5.77. The Labute approximate surface area is 138 Å². The van der Waals surface area contributed by atoms with E-state index in [1.54, 1.807) is 6.92 Å². The minimum Gasteiger partial charge on any atom is -0.401 e. The number of aryl methyl sites for hydroxylation is 2. The van der Waals surface area contributed by atoms with Gasteiger partial charge in [-0.15, -0.1) is 0 Å². The summed E-state index contributed by atoms with van der Waals surface area (Å²) in [5, 5.41) is 16.3. The SMILES string of the molecule is CC1=NN(c2ccc(C)cc2C)C(=O)/C1=C/c1ccc([N+](=O)[O-])o1. The molecular formula is C17H15N3O4. The van der Waals surface area contributed by atoms with Gasteiger partial charge in [-0.1, -0.05) is 17.7 Å². The van der Waals surface area contributed by atoms with Crippen LogP contribution in [-0.2, 0) is 4.79 Å².